The average molecular weight is 410 g/mol. The normalized spacial score (nSPS) is 10.3. The van der Waals surface area contributed by atoms with Crippen LogP contribution in [0.3, 0.4) is 0 Å². The molecule has 0 unspecified atom stereocenters. The Morgan fingerprint density at radius 2 is 2.04 bits per heavy atom. The van der Waals surface area contributed by atoms with Gasteiger partial charge in [0.05, 0.1) is 6.61 Å². The second kappa shape index (κ2) is 9.58. The van der Waals surface area contributed by atoms with Crippen molar-refractivity contribution in [3.63, 3.8) is 0 Å². The molecule has 0 saturated carbocycles. The smallest absolute Gasteiger partial charge is 0.197 e. The largest absolute Gasteiger partial charge is 0.491 e. The maximum Gasteiger partial charge on any atom is 0.197 e. The first-order valence-electron chi connectivity index (χ1n) is 7.12. The second-order valence-corrected chi connectivity index (χ2v) is 5.26. The van der Waals surface area contributed by atoms with E-state index in [0.29, 0.717) is 41.8 Å². The van der Waals surface area contributed by atoms with Crippen molar-refractivity contribution in [3.05, 3.63) is 51.3 Å². The third kappa shape index (κ3) is 4.90. The molecular weight excluding hydrogens is 391 g/mol. The number of methoxy groups -OCH3 is 1. The molecule has 0 spiro atoms. The number of benzene rings is 1. The topological polar surface area (TPSA) is 40.5 Å². The minimum atomic E-state index is -0.0206. The molecule has 2 rings (SSSR count). The molecule has 6 heteroatoms. The molecule has 0 fully saturated rings. The summed E-state index contributed by atoms with van der Waals surface area (Å²) in [4.78, 5) is 12.2. The Kier molecular flexibility index (Phi) is 8.48. The van der Waals surface area contributed by atoms with Crippen LogP contribution in [0.4, 0.5) is 0 Å². The zero-order valence-electron chi connectivity index (χ0n) is 13.6. The Morgan fingerprint density at radius 1 is 1.30 bits per heavy atom. The van der Waals surface area contributed by atoms with Crippen LogP contribution in [0.1, 0.15) is 12.5 Å². The van der Waals surface area contributed by atoms with Crippen LogP contribution in [-0.2, 0) is 44.0 Å². The van der Waals surface area contributed by atoms with Crippen LogP contribution < -0.4 is 10.3 Å². The van der Waals surface area contributed by atoms with Crippen molar-refractivity contribution in [2.24, 2.45) is 0 Å². The molecule has 0 atom stereocenters. The molecule has 2 aromatic rings. The van der Waals surface area contributed by atoms with Gasteiger partial charge in [0.1, 0.15) is 12.4 Å². The van der Waals surface area contributed by atoms with Gasteiger partial charge in [-0.2, -0.15) is 12.1 Å². The Bertz CT molecular complexity index is 715. The summed E-state index contributed by atoms with van der Waals surface area (Å²) in [7, 11) is 1.62. The van der Waals surface area contributed by atoms with Gasteiger partial charge in [0.15, 0.2) is 5.56 Å². The molecular formula is C17H19ClNO3Y-. The van der Waals surface area contributed by atoms with Gasteiger partial charge in [0.25, 0.3) is 0 Å². The van der Waals surface area contributed by atoms with Crippen LogP contribution in [0.15, 0.2) is 29.1 Å². The molecule has 121 valence electrons. The summed E-state index contributed by atoms with van der Waals surface area (Å²) in [6.07, 6.45) is 0. The van der Waals surface area contributed by atoms with Crippen molar-refractivity contribution in [1.82, 2.24) is 4.57 Å². The molecule has 0 amide bonds. The third-order valence-electron chi connectivity index (χ3n) is 3.35. The van der Waals surface area contributed by atoms with Gasteiger partial charge >= 0.3 is 0 Å². The minimum Gasteiger partial charge on any atom is -0.491 e. The van der Waals surface area contributed by atoms with Gasteiger partial charge < -0.3 is 14.0 Å². The van der Waals surface area contributed by atoms with E-state index in [0.717, 1.165) is 5.56 Å². The fourth-order valence-corrected chi connectivity index (χ4v) is 2.44. The molecule has 23 heavy (non-hydrogen) atoms. The number of hydrogen-bond acceptors (Lipinski definition) is 3. The summed E-state index contributed by atoms with van der Waals surface area (Å²) >= 11 is 6.35. The van der Waals surface area contributed by atoms with Crippen molar-refractivity contribution in [3.8, 4) is 17.0 Å². The van der Waals surface area contributed by atoms with E-state index in [2.05, 4.69) is 6.07 Å². The number of halogens is 1. The summed E-state index contributed by atoms with van der Waals surface area (Å²) in [5, 5.41) is 0.525. The first kappa shape index (κ1) is 20.4. The van der Waals surface area contributed by atoms with Crippen LogP contribution >= 0.6 is 11.6 Å². The first-order valence-corrected chi connectivity index (χ1v) is 7.50. The summed E-state index contributed by atoms with van der Waals surface area (Å²) in [5.41, 5.74) is 2.10. The van der Waals surface area contributed by atoms with E-state index >= 15 is 0 Å². The van der Waals surface area contributed by atoms with E-state index in [1.807, 2.05) is 19.1 Å². The van der Waals surface area contributed by atoms with Gasteiger partial charge in [-0.3, -0.25) is 4.79 Å². The molecule has 1 aromatic heterocycles. The summed E-state index contributed by atoms with van der Waals surface area (Å²) < 4.78 is 12.1. The fraction of sp³-hybridized carbons (Fsp3) is 0.353. The molecule has 4 nitrogen and oxygen atoms in total. The quantitative estimate of drug-likeness (QED) is 0.543. The predicted molar refractivity (Wildman–Crippen MR) is 87.8 cm³/mol. The number of nitrogens with zero attached hydrogens (tertiary/aromatic N) is 1. The molecule has 0 aliphatic carbocycles. The monoisotopic (exact) mass is 409 g/mol. The van der Waals surface area contributed by atoms with E-state index in [1.54, 1.807) is 30.7 Å². The van der Waals surface area contributed by atoms with Crippen LogP contribution in [-0.4, -0.2) is 24.9 Å². The first-order chi connectivity index (χ1) is 10.6. The van der Waals surface area contributed by atoms with Gasteiger partial charge in [-0.25, -0.2) is 0 Å². The molecule has 0 saturated heterocycles. The number of aromatic nitrogens is 1. The Morgan fingerprint density at radius 3 is 2.65 bits per heavy atom. The number of hydrogen-bond donors (Lipinski definition) is 0. The second-order valence-electron chi connectivity index (χ2n) is 4.85. The van der Waals surface area contributed by atoms with E-state index in [-0.39, 0.29) is 38.3 Å². The summed E-state index contributed by atoms with van der Waals surface area (Å²) in [6.45, 7) is 5.25. The molecule has 1 aromatic carbocycles. The number of aryl methyl sites for hydroxylation is 1. The van der Waals surface area contributed by atoms with E-state index in [9.17, 15) is 4.79 Å². The molecule has 1 heterocycles. The van der Waals surface area contributed by atoms with Crippen molar-refractivity contribution < 1.29 is 42.2 Å². The SMILES string of the molecule is CCn1c(-c2ccc(OCCOC)cc2Cl)[c-]cc(C)c1=O.[Y]. The average Bonchev–Trinajstić information content (AvgIpc) is 2.51. The number of ether oxygens (including phenoxy) is 2. The van der Waals surface area contributed by atoms with Crippen LogP contribution in [0.5, 0.6) is 5.75 Å². The zero-order chi connectivity index (χ0) is 16.1. The van der Waals surface area contributed by atoms with Gasteiger partial charge in [-0.05, 0) is 24.1 Å². The molecule has 0 aliphatic heterocycles. The molecule has 0 bridgehead atoms. The zero-order valence-corrected chi connectivity index (χ0v) is 17.2. The number of rotatable bonds is 6. The summed E-state index contributed by atoms with van der Waals surface area (Å²) in [6, 6.07) is 10.3. The standard InChI is InChI=1S/C17H19ClNO3.Y/c1-4-19-16(8-5-12(2)17(19)20)14-7-6-13(11-15(14)18)22-10-9-21-3;/h5-7,11H,4,9-10H2,1-3H3;/q-1;. The van der Waals surface area contributed by atoms with Gasteiger partial charge in [0.2, 0.25) is 0 Å². The van der Waals surface area contributed by atoms with Crippen molar-refractivity contribution >= 4 is 11.6 Å². The van der Waals surface area contributed by atoms with E-state index in [1.165, 1.54) is 0 Å². The summed E-state index contributed by atoms with van der Waals surface area (Å²) in [5.74, 6) is 0.670. The third-order valence-corrected chi connectivity index (χ3v) is 3.66. The van der Waals surface area contributed by atoms with Gasteiger partial charge in [0, 0.05) is 46.4 Å². The van der Waals surface area contributed by atoms with Crippen molar-refractivity contribution in [2.75, 3.05) is 20.3 Å². The minimum absolute atomic E-state index is 0. The Hall–Kier alpha value is -0.676. The van der Waals surface area contributed by atoms with Gasteiger partial charge in [-0.15, -0.1) is 6.07 Å². The van der Waals surface area contributed by atoms with E-state index in [4.69, 9.17) is 21.1 Å². The molecule has 1 radical (unpaired) electrons. The van der Waals surface area contributed by atoms with Crippen LogP contribution in [0.25, 0.3) is 11.3 Å². The number of pyridine rings is 1. The molecule has 0 aliphatic rings. The van der Waals surface area contributed by atoms with Gasteiger partial charge in [-0.1, -0.05) is 35.3 Å². The van der Waals surface area contributed by atoms with Crippen molar-refractivity contribution in [1.29, 1.82) is 0 Å². The van der Waals surface area contributed by atoms with Crippen LogP contribution in [0, 0.1) is 13.0 Å². The maximum absolute atomic E-state index is 12.2. The Labute approximate surface area is 166 Å². The van der Waals surface area contributed by atoms with E-state index < -0.39 is 0 Å². The molecule has 0 N–H and O–H groups in total. The van der Waals surface area contributed by atoms with Crippen LogP contribution in [0.2, 0.25) is 5.02 Å². The predicted octanol–water partition coefficient (Wildman–Crippen LogP) is 3.32. The van der Waals surface area contributed by atoms with Crippen molar-refractivity contribution in [2.45, 2.75) is 20.4 Å². The maximum atomic E-state index is 12.2. The Balaban J connectivity index is 0.00000264. The fourth-order valence-electron chi connectivity index (χ4n) is 2.18.